The second-order valence-electron chi connectivity index (χ2n) is 9.78. The normalized spacial score (nSPS) is 30.8. The average molecular weight is 454 g/mol. The van der Waals surface area contributed by atoms with Gasteiger partial charge in [-0.1, -0.05) is 12.1 Å². The Balaban J connectivity index is 1.29. The van der Waals surface area contributed by atoms with Gasteiger partial charge in [0.25, 0.3) is 5.91 Å². The van der Waals surface area contributed by atoms with E-state index < -0.39 is 11.9 Å². The Morgan fingerprint density at radius 3 is 2.67 bits per heavy atom. The number of hydrogen-bond acceptors (Lipinski definition) is 6. The molecule has 9 nitrogen and oxygen atoms in total. The Kier molecular flexibility index (Phi) is 5.92. The van der Waals surface area contributed by atoms with Crippen LogP contribution in [0.25, 0.3) is 0 Å². The lowest BCUT2D eigenvalue weighted by atomic mass is 9.83. The van der Waals surface area contributed by atoms with Crippen LogP contribution >= 0.6 is 0 Å². The largest absolute Gasteiger partial charge is 0.351 e. The van der Waals surface area contributed by atoms with Crippen LogP contribution in [0.2, 0.25) is 0 Å². The van der Waals surface area contributed by atoms with Crippen molar-refractivity contribution in [2.75, 3.05) is 13.1 Å². The molecular weight excluding hydrogens is 422 g/mol. The fourth-order valence-electron chi connectivity index (χ4n) is 5.88. The van der Waals surface area contributed by atoms with Gasteiger partial charge in [0.05, 0.1) is 0 Å². The highest BCUT2D eigenvalue weighted by Crippen LogP contribution is 2.32. The third kappa shape index (κ3) is 4.27. The highest BCUT2D eigenvalue weighted by Gasteiger charge is 2.40. The quantitative estimate of drug-likeness (QED) is 0.562. The molecule has 4 atom stereocenters. The van der Waals surface area contributed by atoms with E-state index in [0.29, 0.717) is 37.4 Å². The maximum atomic E-state index is 13.1. The van der Waals surface area contributed by atoms with Crippen molar-refractivity contribution in [2.45, 2.75) is 69.7 Å². The van der Waals surface area contributed by atoms with Gasteiger partial charge in [-0.3, -0.25) is 29.4 Å². The van der Waals surface area contributed by atoms with E-state index in [2.05, 4.69) is 21.6 Å². The summed E-state index contributed by atoms with van der Waals surface area (Å²) in [7, 11) is 0. The maximum absolute atomic E-state index is 13.1. The van der Waals surface area contributed by atoms with Crippen molar-refractivity contribution in [3.05, 3.63) is 34.9 Å². The number of rotatable bonds is 4. The summed E-state index contributed by atoms with van der Waals surface area (Å²) in [4.78, 5) is 52.9. The molecule has 4 aliphatic heterocycles. The van der Waals surface area contributed by atoms with Gasteiger partial charge in [0.15, 0.2) is 0 Å². The van der Waals surface area contributed by atoms with E-state index in [4.69, 9.17) is 5.73 Å². The molecule has 0 radical (unpaired) electrons. The lowest BCUT2D eigenvalue weighted by Gasteiger charge is -2.41. The van der Waals surface area contributed by atoms with Crippen molar-refractivity contribution in [3.8, 4) is 0 Å². The second kappa shape index (κ2) is 8.87. The van der Waals surface area contributed by atoms with Gasteiger partial charge >= 0.3 is 0 Å². The minimum absolute atomic E-state index is 0.00618. The number of imide groups is 1. The predicted molar refractivity (Wildman–Crippen MR) is 120 cm³/mol. The molecule has 4 unspecified atom stereocenters. The topological polar surface area (TPSA) is 125 Å². The number of piperidine rings is 3. The fraction of sp³-hybridized carbons (Fsp3) is 0.583. The van der Waals surface area contributed by atoms with Gasteiger partial charge in [0, 0.05) is 50.1 Å². The number of likely N-dealkylation sites (tertiary alicyclic amines) is 1. The molecule has 4 aliphatic rings. The number of benzene rings is 1. The van der Waals surface area contributed by atoms with Crippen molar-refractivity contribution in [2.24, 2.45) is 11.7 Å². The van der Waals surface area contributed by atoms with Crippen molar-refractivity contribution < 1.29 is 19.2 Å². The first-order valence-corrected chi connectivity index (χ1v) is 11.9. The summed E-state index contributed by atoms with van der Waals surface area (Å²) < 4.78 is 0. The lowest BCUT2D eigenvalue weighted by molar-refractivity contribution is -0.137. The SMILES string of the molecule is NC1CCC(=O)NC1C1CCCN(Cc2cccc3c2CN(C2CCC(=O)NC2=O)C3=O)C1. The van der Waals surface area contributed by atoms with Gasteiger partial charge in [-0.25, -0.2) is 0 Å². The Morgan fingerprint density at radius 2 is 1.85 bits per heavy atom. The molecule has 176 valence electrons. The van der Waals surface area contributed by atoms with Gasteiger partial charge in [-0.05, 0) is 55.3 Å². The molecule has 33 heavy (non-hydrogen) atoms. The Bertz CT molecular complexity index is 995. The maximum Gasteiger partial charge on any atom is 0.255 e. The van der Waals surface area contributed by atoms with Crippen LogP contribution in [0.1, 0.15) is 60.0 Å². The summed E-state index contributed by atoms with van der Waals surface area (Å²) in [6.07, 6.45) is 3.93. The van der Waals surface area contributed by atoms with Gasteiger partial charge < -0.3 is 16.0 Å². The van der Waals surface area contributed by atoms with Crippen LogP contribution in [0.15, 0.2) is 18.2 Å². The molecule has 5 rings (SSSR count). The van der Waals surface area contributed by atoms with Crippen LogP contribution in [-0.2, 0) is 27.5 Å². The first-order chi connectivity index (χ1) is 15.9. The number of hydrogen-bond donors (Lipinski definition) is 3. The molecule has 4 heterocycles. The third-order valence-corrected chi connectivity index (χ3v) is 7.62. The molecule has 1 aromatic carbocycles. The zero-order valence-electron chi connectivity index (χ0n) is 18.7. The summed E-state index contributed by atoms with van der Waals surface area (Å²) in [5.74, 6) is -0.412. The molecule has 0 spiro atoms. The van der Waals surface area contributed by atoms with Gasteiger partial charge in [0.2, 0.25) is 17.7 Å². The van der Waals surface area contributed by atoms with Crippen LogP contribution in [0.4, 0.5) is 0 Å². The number of amides is 4. The minimum atomic E-state index is -0.605. The molecule has 1 aromatic rings. The molecule has 0 saturated carbocycles. The summed E-state index contributed by atoms with van der Waals surface area (Å²) in [5, 5.41) is 5.47. The third-order valence-electron chi connectivity index (χ3n) is 7.62. The van der Waals surface area contributed by atoms with E-state index in [0.717, 1.165) is 43.5 Å². The monoisotopic (exact) mass is 453 g/mol. The van der Waals surface area contributed by atoms with Crippen molar-refractivity contribution in [3.63, 3.8) is 0 Å². The van der Waals surface area contributed by atoms with E-state index in [1.165, 1.54) is 0 Å². The number of nitrogens with two attached hydrogens (primary N) is 1. The minimum Gasteiger partial charge on any atom is -0.351 e. The first kappa shape index (κ1) is 22.0. The number of carbonyl (C=O) groups is 4. The molecule has 9 heteroatoms. The lowest BCUT2D eigenvalue weighted by Crippen LogP contribution is -2.58. The van der Waals surface area contributed by atoms with Crippen molar-refractivity contribution in [1.82, 2.24) is 20.4 Å². The van der Waals surface area contributed by atoms with Crippen molar-refractivity contribution in [1.29, 1.82) is 0 Å². The number of carbonyl (C=O) groups excluding carboxylic acids is 4. The van der Waals surface area contributed by atoms with Gasteiger partial charge in [0.1, 0.15) is 6.04 Å². The van der Waals surface area contributed by atoms with Gasteiger partial charge in [-0.15, -0.1) is 0 Å². The van der Waals surface area contributed by atoms with Crippen molar-refractivity contribution >= 4 is 23.6 Å². The van der Waals surface area contributed by atoms with Gasteiger partial charge in [-0.2, -0.15) is 0 Å². The number of fused-ring (bicyclic) bond motifs is 1. The van der Waals surface area contributed by atoms with E-state index in [-0.39, 0.29) is 36.2 Å². The fourth-order valence-corrected chi connectivity index (χ4v) is 5.88. The van der Waals surface area contributed by atoms with Crippen LogP contribution in [0, 0.1) is 5.92 Å². The summed E-state index contributed by atoms with van der Waals surface area (Å²) in [6.45, 7) is 2.91. The smallest absolute Gasteiger partial charge is 0.255 e. The Morgan fingerprint density at radius 1 is 1.03 bits per heavy atom. The molecule has 0 bridgehead atoms. The zero-order valence-corrected chi connectivity index (χ0v) is 18.7. The van der Waals surface area contributed by atoms with E-state index in [1.807, 2.05) is 12.1 Å². The molecular formula is C24H31N5O4. The summed E-state index contributed by atoms with van der Waals surface area (Å²) in [6, 6.07) is 5.18. The molecule has 4 amide bonds. The summed E-state index contributed by atoms with van der Waals surface area (Å²) >= 11 is 0. The highest BCUT2D eigenvalue weighted by atomic mass is 16.2. The molecule has 3 saturated heterocycles. The van der Waals surface area contributed by atoms with Crippen LogP contribution < -0.4 is 16.4 Å². The standard InChI is InChI=1S/C24H31N5O4/c25-18-6-8-20(30)26-22(18)15-4-2-10-28(12-15)11-14-3-1-5-16-17(14)13-29(24(16)33)19-7-9-21(31)27-23(19)32/h1,3,5,15,18-19,22H,2,4,6-13,25H2,(H,26,30)(H,27,31,32). The Hall–Kier alpha value is -2.78. The zero-order chi connectivity index (χ0) is 23.1. The van der Waals surface area contributed by atoms with E-state index in [9.17, 15) is 19.2 Å². The second-order valence-corrected chi connectivity index (χ2v) is 9.78. The van der Waals surface area contributed by atoms with E-state index in [1.54, 1.807) is 4.90 Å². The number of nitrogens with zero attached hydrogens (tertiary/aromatic N) is 2. The molecule has 4 N–H and O–H groups in total. The number of nitrogens with one attached hydrogen (secondary N) is 2. The predicted octanol–water partition coefficient (Wildman–Crippen LogP) is 0.266. The first-order valence-electron chi connectivity index (χ1n) is 11.9. The van der Waals surface area contributed by atoms with Crippen LogP contribution in [-0.4, -0.2) is 64.6 Å². The van der Waals surface area contributed by atoms with E-state index >= 15 is 0 Å². The van der Waals surface area contributed by atoms with Crippen LogP contribution in [0.5, 0.6) is 0 Å². The molecule has 0 aliphatic carbocycles. The highest BCUT2D eigenvalue weighted by molar-refractivity contribution is 6.05. The average Bonchev–Trinajstić information content (AvgIpc) is 3.13. The molecule has 0 aromatic heterocycles. The Labute approximate surface area is 193 Å². The summed E-state index contributed by atoms with van der Waals surface area (Å²) in [5.41, 5.74) is 9.04. The van der Waals surface area contributed by atoms with Crippen LogP contribution in [0.3, 0.4) is 0 Å². The molecule has 3 fully saturated rings.